The maximum Gasteiger partial charge on any atom is 0.191 e. The largest absolute Gasteiger partial charge is 0.379 e. The summed E-state index contributed by atoms with van der Waals surface area (Å²) in [5, 5.41) is 6.79. The summed E-state index contributed by atoms with van der Waals surface area (Å²) in [6.07, 6.45) is 2.75. The van der Waals surface area contributed by atoms with Gasteiger partial charge in [0.15, 0.2) is 5.96 Å². The summed E-state index contributed by atoms with van der Waals surface area (Å²) in [4.78, 5) is 9.66. The van der Waals surface area contributed by atoms with Gasteiger partial charge in [-0.1, -0.05) is 6.92 Å². The van der Waals surface area contributed by atoms with Crippen molar-refractivity contribution in [3.8, 4) is 0 Å². The van der Waals surface area contributed by atoms with Crippen LogP contribution in [-0.4, -0.2) is 87.4 Å². The number of aliphatic imine (C=N–C) groups is 1. The highest BCUT2D eigenvalue weighted by atomic mass is 127. The lowest BCUT2D eigenvalue weighted by Gasteiger charge is -2.26. The van der Waals surface area contributed by atoms with Crippen molar-refractivity contribution < 1.29 is 4.74 Å². The molecule has 1 saturated heterocycles. The fourth-order valence-corrected chi connectivity index (χ4v) is 2.83. The minimum absolute atomic E-state index is 0. The van der Waals surface area contributed by atoms with Crippen LogP contribution < -0.4 is 10.6 Å². The predicted molar refractivity (Wildman–Crippen MR) is 107 cm³/mol. The quantitative estimate of drug-likeness (QED) is 0.319. The van der Waals surface area contributed by atoms with E-state index in [4.69, 9.17) is 4.74 Å². The average Bonchev–Trinajstić information content (AvgIpc) is 3.37. The molecule has 1 saturated carbocycles. The van der Waals surface area contributed by atoms with Crippen molar-refractivity contribution >= 4 is 29.9 Å². The van der Waals surface area contributed by atoms with Crippen molar-refractivity contribution in [3.63, 3.8) is 0 Å². The van der Waals surface area contributed by atoms with Gasteiger partial charge in [0.25, 0.3) is 0 Å². The third kappa shape index (κ3) is 8.51. The fourth-order valence-electron chi connectivity index (χ4n) is 2.83. The monoisotopic (exact) mass is 439 g/mol. The van der Waals surface area contributed by atoms with Crippen LogP contribution in [0.25, 0.3) is 0 Å². The van der Waals surface area contributed by atoms with E-state index in [1.165, 1.54) is 12.8 Å². The number of rotatable bonds is 9. The average molecular weight is 439 g/mol. The Balaban J connectivity index is 0.00000264. The summed E-state index contributed by atoms with van der Waals surface area (Å²) in [7, 11) is 0. The van der Waals surface area contributed by atoms with Gasteiger partial charge in [0.2, 0.25) is 0 Å². The number of morpholine rings is 1. The van der Waals surface area contributed by atoms with Crippen molar-refractivity contribution in [2.75, 3.05) is 65.6 Å². The van der Waals surface area contributed by atoms with Crippen LogP contribution >= 0.6 is 24.0 Å². The predicted octanol–water partition coefficient (Wildman–Crippen LogP) is 0.976. The molecule has 136 valence electrons. The molecule has 0 aromatic rings. The highest BCUT2D eigenvalue weighted by Gasteiger charge is 2.27. The Hall–Kier alpha value is -0.120. The normalized spacial score (nSPS) is 19.5. The molecule has 0 spiro atoms. The molecule has 0 aromatic heterocycles. The molecule has 7 heteroatoms. The molecule has 2 aliphatic rings. The Morgan fingerprint density at radius 2 is 1.96 bits per heavy atom. The summed E-state index contributed by atoms with van der Waals surface area (Å²) < 4.78 is 5.37. The Kier molecular flexibility index (Phi) is 11.2. The molecule has 0 atom stereocenters. The lowest BCUT2D eigenvalue weighted by Crippen LogP contribution is -2.43. The molecule has 1 aliphatic heterocycles. The van der Waals surface area contributed by atoms with Crippen LogP contribution in [0.4, 0.5) is 0 Å². The van der Waals surface area contributed by atoms with Crippen molar-refractivity contribution in [2.45, 2.75) is 32.7 Å². The minimum Gasteiger partial charge on any atom is -0.379 e. The summed E-state index contributed by atoms with van der Waals surface area (Å²) in [5.74, 6) is 0.947. The molecular weight excluding hydrogens is 405 g/mol. The van der Waals surface area contributed by atoms with Crippen LogP contribution in [0, 0.1) is 0 Å². The third-order valence-corrected chi connectivity index (χ3v) is 4.29. The first-order valence-corrected chi connectivity index (χ1v) is 8.89. The molecule has 0 amide bonds. The van der Waals surface area contributed by atoms with Crippen LogP contribution in [0.2, 0.25) is 0 Å². The van der Waals surface area contributed by atoms with Gasteiger partial charge in [0.1, 0.15) is 0 Å². The van der Waals surface area contributed by atoms with E-state index < -0.39 is 0 Å². The Labute approximate surface area is 158 Å². The van der Waals surface area contributed by atoms with Crippen molar-refractivity contribution in [1.82, 2.24) is 20.4 Å². The van der Waals surface area contributed by atoms with E-state index in [9.17, 15) is 0 Å². The molecule has 2 rings (SSSR count). The minimum atomic E-state index is 0. The zero-order valence-corrected chi connectivity index (χ0v) is 17.1. The van der Waals surface area contributed by atoms with Crippen LogP contribution in [-0.2, 0) is 4.74 Å². The van der Waals surface area contributed by atoms with Gasteiger partial charge in [-0.15, -0.1) is 24.0 Å². The lowest BCUT2D eigenvalue weighted by molar-refractivity contribution is 0.0394. The van der Waals surface area contributed by atoms with E-state index in [1.54, 1.807) is 0 Å². The van der Waals surface area contributed by atoms with Crippen LogP contribution in [0.15, 0.2) is 4.99 Å². The Bertz CT molecular complexity index is 332. The number of hydrogen-bond donors (Lipinski definition) is 2. The molecule has 0 bridgehead atoms. The first kappa shape index (κ1) is 20.9. The number of ether oxygens (including phenoxy) is 1. The van der Waals surface area contributed by atoms with E-state index in [2.05, 4.69) is 39.3 Å². The summed E-state index contributed by atoms with van der Waals surface area (Å²) >= 11 is 0. The number of nitrogens with zero attached hydrogens (tertiary/aromatic N) is 3. The number of hydrogen-bond acceptors (Lipinski definition) is 4. The lowest BCUT2D eigenvalue weighted by atomic mass is 10.4. The molecule has 23 heavy (non-hydrogen) atoms. The topological polar surface area (TPSA) is 52.1 Å². The molecule has 1 aliphatic carbocycles. The zero-order valence-electron chi connectivity index (χ0n) is 14.7. The van der Waals surface area contributed by atoms with E-state index in [0.717, 1.165) is 77.6 Å². The Morgan fingerprint density at radius 3 is 2.57 bits per heavy atom. The number of likely N-dealkylation sites (N-methyl/N-ethyl adjacent to an activating group) is 1. The highest BCUT2D eigenvalue weighted by molar-refractivity contribution is 14.0. The van der Waals surface area contributed by atoms with Gasteiger partial charge in [0, 0.05) is 45.3 Å². The number of guanidine groups is 1. The summed E-state index contributed by atoms with van der Waals surface area (Å²) in [6, 6.07) is 0.840. The van der Waals surface area contributed by atoms with E-state index in [1.807, 2.05) is 0 Å². The second-order valence-electron chi connectivity index (χ2n) is 6.00. The molecular formula is C16H34IN5O. The summed E-state index contributed by atoms with van der Waals surface area (Å²) in [5.41, 5.74) is 0. The fraction of sp³-hybridized carbons (Fsp3) is 0.938. The first-order chi connectivity index (χ1) is 10.8. The third-order valence-electron chi connectivity index (χ3n) is 4.29. The molecule has 1 heterocycles. The molecule has 0 aromatic carbocycles. The van der Waals surface area contributed by atoms with E-state index >= 15 is 0 Å². The second kappa shape index (κ2) is 12.3. The highest BCUT2D eigenvalue weighted by Crippen LogP contribution is 2.25. The van der Waals surface area contributed by atoms with Crippen LogP contribution in [0.5, 0.6) is 0 Å². The molecule has 6 nitrogen and oxygen atoms in total. The van der Waals surface area contributed by atoms with E-state index in [0.29, 0.717) is 0 Å². The SMILES string of the molecule is CCNC(=NCCN1CCOCC1)NCCN(CC)C1CC1.I. The zero-order chi connectivity index (χ0) is 15.6. The van der Waals surface area contributed by atoms with Gasteiger partial charge in [-0.3, -0.25) is 14.8 Å². The molecule has 2 fully saturated rings. The molecule has 0 unspecified atom stereocenters. The standard InChI is InChI=1S/C16H33N5O.HI/c1-3-17-16(18-7-9-20-11-13-22-14-12-20)19-8-10-21(4-2)15-5-6-15;/h15H,3-14H2,1-2H3,(H2,17,18,19);1H. The van der Waals surface area contributed by atoms with Gasteiger partial charge in [-0.2, -0.15) is 0 Å². The van der Waals surface area contributed by atoms with Crippen molar-refractivity contribution in [2.24, 2.45) is 4.99 Å². The maximum atomic E-state index is 5.37. The van der Waals surface area contributed by atoms with Gasteiger partial charge >= 0.3 is 0 Å². The smallest absolute Gasteiger partial charge is 0.191 e. The second-order valence-corrected chi connectivity index (χ2v) is 6.00. The maximum absolute atomic E-state index is 5.37. The summed E-state index contributed by atoms with van der Waals surface area (Å²) in [6.45, 7) is 14.1. The van der Waals surface area contributed by atoms with E-state index in [-0.39, 0.29) is 24.0 Å². The van der Waals surface area contributed by atoms with Crippen molar-refractivity contribution in [3.05, 3.63) is 0 Å². The Morgan fingerprint density at radius 1 is 1.22 bits per heavy atom. The van der Waals surface area contributed by atoms with Crippen LogP contribution in [0.3, 0.4) is 0 Å². The van der Waals surface area contributed by atoms with Crippen molar-refractivity contribution in [1.29, 1.82) is 0 Å². The van der Waals surface area contributed by atoms with Gasteiger partial charge in [-0.25, -0.2) is 0 Å². The van der Waals surface area contributed by atoms with Gasteiger partial charge in [-0.05, 0) is 26.3 Å². The first-order valence-electron chi connectivity index (χ1n) is 8.89. The van der Waals surface area contributed by atoms with Crippen LogP contribution in [0.1, 0.15) is 26.7 Å². The van der Waals surface area contributed by atoms with Gasteiger partial charge < -0.3 is 15.4 Å². The number of halogens is 1. The molecule has 2 N–H and O–H groups in total. The van der Waals surface area contributed by atoms with Gasteiger partial charge in [0.05, 0.1) is 19.8 Å². The number of nitrogens with one attached hydrogen (secondary N) is 2. The molecule has 0 radical (unpaired) electrons.